The summed E-state index contributed by atoms with van der Waals surface area (Å²) >= 11 is 0. The van der Waals surface area contributed by atoms with Crippen molar-refractivity contribution in [1.82, 2.24) is 40.0 Å². The third-order valence-electron chi connectivity index (χ3n) is 16.3. The van der Waals surface area contributed by atoms with Gasteiger partial charge < -0.3 is 44.7 Å². The molecule has 0 spiro atoms. The lowest BCUT2D eigenvalue weighted by atomic mass is 9.84. The molecule has 2 aromatic heterocycles. The molecular formula is C62H79N9O8. The zero-order valence-electron chi connectivity index (χ0n) is 47.4. The Hall–Kier alpha value is -6.81. The number of aromatic nitrogens is 2. The maximum atomic E-state index is 15.0. The molecule has 3 aromatic carbocycles. The lowest BCUT2D eigenvalue weighted by Crippen LogP contribution is -2.62. The van der Waals surface area contributed by atoms with Crippen molar-refractivity contribution in [3.05, 3.63) is 101 Å². The lowest BCUT2D eigenvalue weighted by molar-refractivity contribution is -0.155. The number of nitrogens with one attached hydrogen (secondary N) is 2. The number of amides is 3. The Morgan fingerprint density at radius 3 is 2.48 bits per heavy atom. The Morgan fingerprint density at radius 2 is 1.76 bits per heavy atom. The number of fused-ring (bicyclic) bond motifs is 6. The fraction of sp³-hybridized carbons (Fsp3) is 0.500. The number of phenolic OH excluding ortho intramolecular Hbond substituents is 1. The Balaban J connectivity index is 1.10. The normalized spacial score (nSPS) is 21.9. The number of nitrogens with two attached hydrogens (primary N) is 1. The SMILES string of the molecule is CCn1c(-c2cc(C#CCN3CCN(C)CC3)cnc2[C@H](C)OC)c2c3cc(ccc31)-c1cc(O)cc(c1)C[C@H](NC(=O)[C@H](C(C)C)N(C)C(=O)[C@@H]1OCC[C@@H]1c1ccc(N)cc1)C(=O)N1CCC[C@H](N1)C(=O)OCC(C)(C)C2. The number of rotatable bonds is 11. The molecule has 5 aromatic rings. The molecule has 3 amide bonds. The zero-order valence-corrected chi connectivity index (χ0v) is 47.4. The number of cyclic esters (lactones) is 1. The summed E-state index contributed by atoms with van der Waals surface area (Å²) in [7, 11) is 5.43. The molecule has 6 heterocycles. The van der Waals surface area contributed by atoms with E-state index in [1.807, 2.05) is 51.2 Å². The van der Waals surface area contributed by atoms with Crippen molar-refractivity contribution < 1.29 is 38.5 Å². The fourth-order valence-corrected chi connectivity index (χ4v) is 11.9. The molecule has 0 unspecified atom stereocenters. The van der Waals surface area contributed by atoms with Gasteiger partial charge >= 0.3 is 5.97 Å². The maximum Gasteiger partial charge on any atom is 0.324 e. The van der Waals surface area contributed by atoms with Crippen LogP contribution < -0.4 is 16.5 Å². The molecule has 4 aliphatic rings. The molecule has 0 saturated carbocycles. The Kier molecular flexibility index (Phi) is 17.5. The number of anilines is 1. The highest BCUT2D eigenvalue weighted by molar-refractivity contribution is 5.96. The molecule has 6 bridgehead atoms. The number of aryl methyl sites for hydroxylation is 1. The minimum absolute atomic E-state index is 0.0148. The maximum absolute atomic E-state index is 15.0. The number of likely N-dealkylation sites (N-methyl/N-ethyl adjacent to an activating group) is 2. The molecule has 3 saturated heterocycles. The number of hydrogen-bond acceptors (Lipinski definition) is 13. The second kappa shape index (κ2) is 24.3. The van der Waals surface area contributed by atoms with Gasteiger partial charge in [-0.1, -0.05) is 63.8 Å². The van der Waals surface area contributed by atoms with Crippen LogP contribution >= 0.6 is 0 Å². The Morgan fingerprint density at radius 1 is 1.00 bits per heavy atom. The van der Waals surface area contributed by atoms with E-state index in [9.17, 15) is 24.3 Å². The highest BCUT2D eigenvalue weighted by atomic mass is 16.5. The summed E-state index contributed by atoms with van der Waals surface area (Å²) in [5.74, 6) is 4.41. The van der Waals surface area contributed by atoms with Gasteiger partial charge in [-0.2, -0.15) is 0 Å². The summed E-state index contributed by atoms with van der Waals surface area (Å²) in [6.45, 7) is 18.0. The van der Waals surface area contributed by atoms with Crippen LogP contribution in [0.3, 0.4) is 0 Å². The molecule has 0 radical (unpaired) electrons. The predicted molar refractivity (Wildman–Crippen MR) is 305 cm³/mol. The summed E-state index contributed by atoms with van der Waals surface area (Å²) in [5.41, 5.74) is 17.7. The average Bonchev–Trinajstić information content (AvgIpc) is 4.29. The Bertz CT molecular complexity index is 3120. The quantitative estimate of drug-likeness (QED) is 0.0621. The Labute approximate surface area is 465 Å². The minimum Gasteiger partial charge on any atom is -0.508 e. The highest BCUT2D eigenvalue weighted by Gasteiger charge is 2.42. The molecular weight excluding hydrogens is 999 g/mol. The van der Waals surface area contributed by atoms with Crippen LogP contribution in [0.4, 0.5) is 5.69 Å². The number of aromatic hydroxyl groups is 1. The van der Waals surface area contributed by atoms with Crippen LogP contribution in [0.25, 0.3) is 33.3 Å². The minimum atomic E-state index is -1.18. The first-order valence-electron chi connectivity index (χ1n) is 28.0. The van der Waals surface area contributed by atoms with Gasteiger partial charge in [-0.25, -0.2) is 5.43 Å². The van der Waals surface area contributed by atoms with Gasteiger partial charge in [0.15, 0.2) is 0 Å². The van der Waals surface area contributed by atoms with Crippen LogP contribution in [0, 0.1) is 23.2 Å². The third kappa shape index (κ3) is 12.6. The monoisotopic (exact) mass is 1080 g/mol. The summed E-state index contributed by atoms with van der Waals surface area (Å²) in [5, 5.41) is 17.0. The summed E-state index contributed by atoms with van der Waals surface area (Å²) in [6, 6.07) is 18.1. The van der Waals surface area contributed by atoms with E-state index >= 15 is 0 Å². The van der Waals surface area contributed by atoms with Gasteiger partial charge in [-0.05, 0) is 123 Å². The van der Waals surface area contributed by atoms with E-state index < -0.39 is 47.4 Å². The van der Waals surface area contributed by atoms with Crippen molar-refractivity contribution in [3.8, 4) is 40.0 Å². The molecule has 0 aliphatic carbocycles. The number of phenols is 1. The lowest BCUT2D eigenvalue weighted by Gasteiger charge is -2.37. The predicted octanol–water partition coefficient (Wildman–Crippen LogP) is 6.69. The van der Waals surface area contributed by atoms with Crippen molar-refractivity contribution in [2.45, 2.75) is 116 Å². The number of esters is 1. The standard InChI is InChI=1S/C62H79N9O8/c1-10-70-53-20-17-43-34-48(53)50(56(70)49-31-40(36-64-54(49)39(4)77-9)13-11-22-69-26-24-67(7)25-27-69)35-62(5,6)37-79-61(76)51-14-12-23-71(66-51)59(74)52(32-41-29-44(43)33-46(72)30-41)65-58(73)55(38(2)3)68(8)60(75)57-47(21-28-78-57)42-15-18-45(63)19-16-42/h15-20,29-31,33-34,36,38-39,47,51-52,55,57,66,72H,10,12,14,21-28,32,35,37,63H2,1-9H3,(H,65,73)/t39-,47+,51-,52-,55-,57+/m0/s1. The number of carbonyl (C=O) groups excluding carboxylic acids is 4. The number of methoxy groups -OCH3 is 1. The van der Waals surface area contributed by atoms with Crippen molar-refractivity contribution in [3.63, 3.8) is 0 Å². The van der Waals surface area contributed by atoms with E-state index in [0.717, 1.165) is 76.3 Å². The first-order chi connectivity index (χ1) is 37.8. The van der Waals surface area contributed by atoms with Gasteiger partial charge in [0.05, 0.1) is 30.6 Å². The van der Waals surface area contributed by atoms with Crippen molar-refractivity contribution >= 4 is 40.3 Å². The van der Waals surface area contributed by atoms with Crippen molar-refractivity contribution in [1.29, 1.82) is 0 Å². The number of benzene rings is 3. The molecule has 420 valence electrons. The van der Waals surface area contributed by atoms with Crippen LogP contribution in [-0.4, -0.2) is 156 Å². The molecule has 5 N–H and O–H groups in total. The average molecular weight is 1080 g/mol. The molecule has 6 atom stereocenters. The second-order valence-corrected chi connectivity index (χ2v) is 23.1. The van der Waals surface area contributed by atoms with Gasteiger partial charge in [-0.3, -0.25) is 34.1 Å². The number of nitrogens with zero attached hydrogens (tertiary/aromatic N) is 6. The van der Waals surface area contributed by atoms with Crippen LogP contribution in [-0.2, 0) is 52.8 Å². The van der Waals surface area contributed by atoms with Gasteiger partial charge in [0, 0.05) is 112 Å². The second-order valence-electron chi connectivity index (χ2n) is 23.1. The number of nitrogen functional groups attached to an aromatic ring is 1. The van der Waals surface area contributed by atoms with Crippen LogP contribution in [0.2, 0.25) is 0 Å². The number of pyridine rings is 1. The van der Waals surface area contributed by atoms with Crippen LogP contribution in [0.1, 0.15) is 101 Å². The smallest absolute Gasteiger partial charge is 0.324 e. The first kappa shape index (κ1) is 56.9. The van der Waals surface area contributed by atoms with Gasteiger partial charge in [0.25, 0.3) is 11.8 Å². The van der Waals surface area contributed by atoms with Gasteiger partial charge in [0.1, 0.15) is 30.0 Å². The highest BCUT2D eigenvalue weighted by Crippen LogP contribution is 2.43. The van der Waals surface area contributed by atoms with E-state index in [2.05, 4.69) is 83.0 Å². The van der Waals surface area contributed by atoms with E-state index in [-0.39, 0.29) is 49.2 Å². The first-order valence-corrected chi connectivity index (χ1v) is 28.0. The summed E-state index contributed by atoms with van der Waals surface area (Å²) < 4.78 is 20.6. The van der Waals surface area contributed by atoms with E-state index in [1.165, 1.54) is 9.91 Å². The van der Waals surface area contributed by atoms with E-state index in [4.69, 9.17) is 24.9 Å². The molecule has 3 fully saturated rings. The molecule has 17 heteroatoms. The van der Waals surface area contributed by atoms with Crippen molar-refractivity contribution in [2.24, 2.45) is 11.3 Å². The van der Waals surface area contributed by atoms with Crippen LogP contribution in [0.5, 0.6) is 5.75 Å². The summed E-state index contributed by atoms with van der Waals surface area (Å²) in [6.07, 6.45) is 2.69. The number of ether oxygens (including phenoxy) is 3. The largest absolute Gasteiger partial charge is 0.508 e. The van der Waals surface area contributed by atoms with Crippen LogP contribution in [0.15, 0.2) is 72.9 Å². The summed E-state index contributed by atoms with van der Waals surface area (Å²) in [4.78, 5) is 69.6. The molecule has 4 aliphatic heterocycles. The molecule has 79 heavy (non-hydrogen) atoms. The zero-order chi connectivity index (χ0) is 56.3. The van der Waals surface area contributed by atoms with Gasteiger partial charge in [0.2, 0.25) is 5.91 Å². The van der Waals surface area contributed by atoms with Gasteiger partial charge in [-0.15, -0.1) is 0 Å². The molecule has 9 rings (SSSR count). The topological polar surface area (TPSA) is 197 Å². The molecule has 17 nitrogen and oxygen atoms in total. The number of piperazine rings is 1. The van der Waals surface area contributed by atoms with E-state index in [0.29, 0.717) is 62.2 Å². The van der Waals surface area contributed by atoms with E-state index in [1.54, 1.807) is 38.4 Å². The number of hydrazine groups is 1. The number of carbonyl (C=O) groups is 4. The fourth-order valence-electron chi connectivity index (χ4n) is 11.9. The van der Waals surface area contributed by atoms with Crippen molar-refractivity contribution in [2.75, 3.05) is 79.4 Å². The number of hydrogen-bond donors (Lipinski definition) is 4. The third-order valence-corrected chi connectivity index (χ3v) is 16.3.